The zero-order valence-electron chi connectivity index (χ0n) is 12.0. The molecule has 0 spiro atoms. The van der Waals surface area contributed by atoms with Gasteiger partial charge in [-0.25, -0.2) is 0 Å². The summed E-state index contributed by atoms with van der Waals surface area (Å²) in [5.74, 6) is 6.55. The van der Waals surface area contributed by atoms with E-state index in [0.29, 0.717) is 0 Å². The average Bonchev–Trinajstić information content (AvgIpc) is 2.92. The van der Waals surface area contributed by atoms with Gasteiger partial charge in [-0.15, -0.1) is 0 Å². The van der Waals surface area contributed by atoms with E-state index in [9.17, 15) is 0 Å². The largest absolute Gasteiger partial charge is 0.377 e. The number of hydrogen-bond donors (Lipinski definition) is 2. The third kappa shape index (κ3) is 3.57. The van der Waals surface area contributed by atoms with Crippen LogP contribution >= 0.6 is 11.3 Å². The molecule has 1 aromatic rings. The minimum absolute atomic E-state index is 0.0809. The van der Waals surface area contributed by atoms with Crippen LogP contribution in [0.15, 0.2) is 16.8 Å². The van der Waals surface area contributed by atoms with Crippen molar-refractivity contribution >= 4 is 11.3 Å². The number of nitrogens with one attached hydrogen (secondary N) is 1. The molecule has 3 nitrogen and oxygen atoms in total. The fraction of sp³-hybridized carbons (Fsp3) is 0.733. The zero-order chi connectivity index (χ0) is 13.7. The number of hydrogen-bond acceptors (Lipinski definition) is 4. The van der Waals surface area contributed by atoms with Gasteiger partial charge in [0.05, 0.1) is 11.6 Å². The number of rotatable bonds is 6. The highest BCUT2D eigenvalue weighted by Crippen LogP contribution is 2.38. The minimum atomic E-state index is -0.0809. The first-order chi connectivity index (χ1) is 9.20. The summed E-state index contributed by atoms with van der Waals surface area (Å²) >= 11 is 1.76. The highest BCUT2D eigenvalue weighted by molar-refractivity contribution is 7.07. The second-order valence-electron chi connectivity index (χ2n) is 5.86. The van der Waals surface area contributed by atoms with E-state index < -0.39 is 0 Å². The van der Waals surface area contributed by atoms with Gasteiger partial charge in [-0.3, -0.25) is 11.3 Å². The van der Waals surface area contributed by atoms with Gasteiger partial charge in [0.2, 0.25) is 0 Å². The molecular weight excluding hydrogens is 256 g/mol. The topological polar surface area (TPSA) is 47.3 Å². The van der Waals surface area contributed by atoms with Crippen LogP contribution in [0.3, 0.4) is 0 Å². The third-order valence-electron chi connectivity index (χ3n) is 4.54. The first-order valence-corrected chi connectivity index (χ1v) is 8.17. The lowest BCUT2D eigenvalue weighted by Crippen LogP contribution is -2.56. The van der Waals surface area contributed by atoms with Crippen LogP contribution in [-0.4, -0.2) is 18.8 Å². The molecule has 3 N–H and O–H groups in total. The summed E-state index contributed by atoms with van der Waals surface area (Å²) in [6.07, 6.45) is 6.89. The molecule has 1 aliphatic rings. The van der Waals surface area contributed by atoms with Gasteiger partial charge in [0, 0.05) is 7.11 Å². The van der Waals surface area contributed by atoms with Crippen molar-refractivity contribution in [1.82, 2.24) is 5.43 Å². The summed E-state index contributed by atoms with van der Waals surface area (Å²) in [6, 6.07) is 2.43. The summed E-state index contributed by atoms with van der Waals surface area (Å²) in [4.78, 5) is 0. The first-order valence-electron chi connectivity index (χ1n) is 7.22. The van der Waals surface area contributed by atoms with Gasteiger partial charge < -0.3 is 4.74 Å². The van der Waals surface area contributed by atoms with Crippen LogP contribution in [0.2, 0.25) is 0 Å². The zero-order valence-corrected chi connectivity index (χ0v) is 12.8. The maximum atomic E-state index is 5.93. The van der Waals surface area contributed by atoms with Crippen LogP contribution < -0.4 is 11.3 Å². The average molecular weight is 282 g/mol. The Morgan fingerprint density at radius 1 is 1.63 bits per heavy atom. The van der Waals surface area contributed by atoms with Gasteiger partial charge >= 0.3 is 0 Å². The molecule has 0 aromatic carbocycles. The monoisotopic (exact) mass is 282 g/mol. The Kier molecular flexibility index (Phi) is 5.39. The standard InChI is InChI=1S/C15H26N2OS/c1-12-4-3-8-15(10-12,18-2)14(17-16)6-5-13-7-9-19-11-13/h7,9,11-12,14,17H,3-6,8,10,16H2,1-2H3. The van der Waals surface area contributed by atoms with E-state index in [1.54, 1.807) is 11.3 Å². The highest BCUT2D eigenvalue weighted by atomic mass is 32.1. The lowest BCUT2D eigenvalue weighted by Gasteiger charge is -2.44. The van der Waals surface area contributed by atoms with Crippen molar-refractivity contribution in [2.24, 2.45) is 11.8 Å². The van der Waals surface area contributed by atoms with Crippen molar-refractivity contribution < 1.29 is 4.74 Å². The van der Waals surface area contributed by atoms with Gasteiger partial charge in [0.1, 0.15) is 0 Å². The molecule has 1 saturated carbocycles. The second kappa shape index (κ2) is 6.84. The van der Waals surface area contributed by atoms with Gasteiger partial charge in [-0.1, -0.05) is 19.8 Å². The Bertz CT molecular complexity index is 368. The first kappa shape index (κ1) is 15.0. The Balaban J connectivity index is 2.01. The predicted octanol–water partition coefficient (Wildman–Crippen LogP) is 3.11. The Morgan fingerprint density at radius 2 is 2.47 bits per heavy atom. The summed E-state index contributed by atoms with van der Waals surface area (Å²) in [7, 11) is 1.84. The van der Waals surface area contributed by atoms with E-state index in [1.165, 1.54) is 18.4 Å². The van der Waals surface area contributed by atoms with Crippen molar-refractivity contribution in [3.8, 4) is 0 Å². The number of nitrogens with two attached hydrogens (primary N) is 1. The second-order valence-corrected chi connectivity index (χ2v) is 6.64. The quantitative estimate of drug-likeness (QED) is 0.622. The van der Waals surface area contributed by atoms with Crippen molar-refractivity contribution in [1.29, 1.82) is 0 Å². The van der Waals surface area contributed by atoms with E-state index in [2.05, 4.69) is 29.2 Å². The smallest absolute Gasteiger partial charge is 0.0847 e. The maximum Gasteiger partial charge on any atom is 0.0847 e. The number of ether oxygens (including phenoxy) is 1. The van der Waals surface area contributed by atoms with Crippen LogP contribution in [-0.2, 0) is 11.2 Å². The highest BCUT2D eigenvalue weighted by Gasteiger charge is 2.41. The molecule has 108 valence electrons. The minimum Gasteiger partial charge on any atom is -0.377 e. The van der Waals surface area contributed by atoms with Gasteiger partial charge in [-0.2, -0.15) is 11.3 Å². The molecule has 0 radical (unpaired) electrons. The Hall–Kier alpha value is -0.420. The summed E-state index contributed by atoms with van der Waals surface area (Å²) in [5.41, 5.74) is 4.35. The van der Waals surface area contributed by atoms with E-state index in [1.807, 2.05) is 7.11 Å². The van der Waals surface area contributed by atoms with Crippen LogP contribution in [0.5, 0.6) is 0 Å². The molecule has 0 saturated heterocycles. The molecule has 1 heterocycles. The van der Waals surface area contributed by atoms with Crippen LogP contribution in [0, 0.1) is 5.92 Å². The van der Waals surface area contributed by atoms with Gasteiger partial charge in [-0.05, 0) is 54.0 Å². The number of methoxy groups -OCH3 is 1. The third-order valence-corrected chi connectivity index (χ3v) is 5.27. The van der Waals surface area contributed by atoms with Crippen molar-refractivity contribution in [3.63, 3.8) is 0 Å². The SMILES string of the molecule is COC1(C(CCc2ccsc2)NN)CCCC(C)C1. The molecule has 19 heavy (non-hydrogen) atoms. The molecule has 0 amide bonds. The van der Waals surface area contributed by atoms with Gasteiger partial charge in [0.25, 0.3) is 0 Å². The molecule has 3 atom stereocenters. The number of aryl methyl sites for hydroxylation is 1. The predicted molar refractivity (Wildman–Crippen MR) is 81.1 cm³/mol. The molecular formula is C15H26N2OS. The normalized spacial score (nSPS) is 29.3. The van der Waals surface area contributed by atoms with Crippen LogP contribution in [0.25, 0.3) is 0 Å². The van der Waals surface area contributed by atoms with E-state index >= 15 is 0 Å². The van der Waals surface area contributed by atoms with Crippen LogP contribution in [0.1, 0.15) is 44.6 Å². The summed E-state index contributed by atoms with van der Waals surface area (Å²) in [5, 5.41) is 4.35. The maximum absolute atomic E-state index is 5.93. The molecule has 1 aromatic heterocycles. The lowest BCUT2D eigenvalue weighted by atomic mass is 9.73. The van der Waals surface area contributed by atoms with E-state index in [4.69, 9.17) is 10.6 Å². The molecule has 0 bridgehead atoms. The van der Waals surface area contributed by atoms with Crippen LogP contribution in [0.4, 0.5) is 0 Å². The summed E-state index contributed by atoms with van der Waals surface area (Å²) in [6.45, 7) is 2.32. The lowest BCUT2D eigenvalue weighted by molar-refractivity contribution is -0.0808. The number of hydrazine groups is 1. The molecule has 1 fully saturated rings. The molecule has 3 unspecified atom stereocenters. The Morgan fingerprint density at radius 3 is 3.05 bits per heavy atom. The molecule has 1 aliphatic carbocycles. The van der Waals surface area contributed by atoms with Crippen molar-refractivity contribution in [2.75, 3.05) is 7.11 Å². The summed E-state index contributed by atoms with van der Waals surface area (Å²) < 4.78 is 5.93. The molecule has 0 aliphatic heterocycles. The fourth-order valence-electron chi connectivity index (χ4n) is 3.43. The van der Waals surface area contributed by atoms with Crippen molar-refractivity contribution in [3.05, 3.63) is 22.4 Å². The fourth-order valence-corrected chi connectivity index (χ4v) is 4.14. The van der Waals surface area contributed by atoms with E-state index in [0.717, 1.165) is 31.6 Å². The van der Waals surface area contributed by atoms with E-state index in [-0.39, 0.29) is 11.6 Å². The van der Waals surface area contributed by atoms with Crippen molar-refractivity contribution in [2.45, 2.75) is 57.1 Å². The van der Waals surface area contributed by atoms with Gasteiger partial charge in [0.15, 0.2) is 0 Å². The Labute approximate surface area is 120 Å². The number of thiophene rings is 1. The molecule has 4 heteroatoms. The molecule has 2 rings (SSSR count).